The summed E-state index contributed by atoms with van der Waals surface area (Å²) in [5.41, 5.74) is 0.683. The highest BCUT2D eigenvalue weighted by atomic mass is 19.1. The fourth-order valence-electron chi connectivity index (χ4n) is 1.98. The average molecular weight is 223 g/mol. The Morgan fingerprint density at radius 3 is 2.88 bits per heavy atom. The van der Waals surface area contributed by atoms with E-state index >= 15 is 0 Å². The Morgan fingerprint density at radius 2 is 2.12 bits per heavy atom. The smallest absolute Gasteiger partial charge is 0.119 e. The third kappa shape index (κ3) is 3.20. The number of nitrogens with one attached hydrogen (secondary N) is 1. The van der Waals surface area contributed by atoms with Crippen LogP contribution in [0.2, 0.25) is 0 Å². The number of alkyl halides is 1. The minimum atomic E-state index is -0.426. The molecule has 3 heteroatoms. The van der Waals surface area contributed by atoms with Crippen LogP contribution >= 0.6 is 0 Å². The Labute approximate surface area is 95.8 Å². The number of benzene rings is 1. The zero-order valence-corrected chi connectivity index (χ0v) is 9.42. The van der Waals surface area contributed by atoms with Crippen LogP contribution < -0.4 is 10.1 Å². The van der Waals surface area contributed by atoms with Gasteiger partial charge in [-0.1, -0.05) is 12.1 Å². The quantitative estimate of drug-likeness (QED) is 0.847. The van der Waals surface area contributed by atoms with Crippen LogP contribution in [0.3, 0.4) is 0 Å². The maximum Gasteiger partial charge on any atom is 0.119 e. The molecule has 1 aromatic rings. The number of halogens is 1. The molecule has 0 spiro atoms. The van der Waals surface area contributed by atoms with Crippen molar-refractivity contribution in [3.63, 3.8) is 0 Å². The van der Waals surface area contributed by atoms with Gasteiger partial charge in [0.05, 0.1) is 6.61 Å². The van der Waals surface area contributed by atoms with Gasteiger partial charge in [0.2, 0.25) is 0 Å². The van der Waals surface area contributed by atoms with Crippen LogP contribution in [0.5, 0.6) is 5.75 Å². The first-order chi connectivity index (χ1) is 7.88. The van der Waals surface area contributed by atoms with E-state index in [2.05, 4.69) is 5.32 Å². The second kappa shape index (κ2) is 5.85. The molecule has 1 N–H and O–H groups in total. The van der Waals surface area contributed by atoms with Crippen molar-refractivity contribution < 1.29 is 9.13 Å². The standard InChI is InChI=1S/C13H18FNO/c14-9-12-2-1-3-13(8-12)16-10-11-4-6-15-7-5-11/h1-3,8,11,15H,4-7,9-10H2. The summed E-state index contributed by atoms with van der Waals surface area (Å²) in [4.78, 5) is 0. The molecule has 1 fully saturated rings. The second-order valence-corrected chi connectivity index (χ2v) is 4.29. The Morgan fingerprint density at radius 1 is 1.31 bits per heavy atom. The van der Waals surface area contributed by atoms with Gasteiger partial charge in [-0.25, -0.2) is 4.39 Å². The number of ether oxygens (including phenoxy) is 1. The monoisotopic (exact) mass is 223 g/mol. The fraction of sp³-hybridized carbons (Fsp3) is 0.538. The first-order valence-corrected chi connectivity index (χ1v) is 5.87. The normalized spacial score (nSPS) is 17.3. The third-order valence-electron chi connectivity index (χ3n) is 3.00. The predicted octanol–water partition coefficient (Wildman–Crippen LogP) is 2.53. The van der Waals surface area contributed by atoms with Crippen molar-refractivity contribution in [1.82, 2.24) is 5.32 Å². The van der Waals surface area contributed by atoms with Crippen LogP contribution in [0.1, 0.15) is 18.4 Å². The number of piperidine rings is 1. The molecule has 0 amide bonds. The lowest BCUT2D eigenvalue weighted by molar-refractivity contribution is 0.215. The molecule has 1 aromatic carbocycles. The van der Waals surface area contributed by atoms with Crippen molar-refractivity contribution in [2.45, 2.75) is 19.5 Å². The van der Waals surface area contributed by atoms with E-state index < -0.39 is 6.67 Å². The van der Waals surface area contributed by atoms with Gasteiger partial charge in [0.25, 0.3) is 0 Å². The molecule has 2 rings (SSSR count). The minimum absolute atomic E-state index is 0.426. The summed E-state index contributed by atoms with van der Waals surface area (Å²) in [6.07, 6.45) is 2.34. The van der Waals surface area contributed by atoms with Gasteiger partial charge in [0.1, 0.15) is 12.4 Å². The molecule has 1 aliphatic rings. The molecule has 0 aliphatic carbocycles. The summed E-state index contributed by atoms with van der Waals surface area (Å²) in [6.45, 7) is 2.49. The summed E-state index contributed by atoms with van der Waals surface area (Å²) >= 11 is 0. The summed E-state index contributed by atoms with van der Waals surface area (Å²) in [7, 11) is 0. The van der Waals surface area contributed by atoms with E-state index in [1.807, 2.05) is 12.1 Å². The lowest BCUT2D eigenvalue weighted by atomic mass is 9.99. The zero-order valence-electron chi connectivity index (χ0n) is 9.42. The summed E-state index contributed by atoms with van der Waals surface area (Å²) in [6, 6.07) is 7.28. The molecule has 0 bridgehead atoms. The van der Waals surface area contributed by atoms with Crippen molar-refractivity contribution in [1.29, 1.82) is 0 Å². The van der Waals surface area contributed by atoms with Gasteiger partial charge in [-0.2, -0.15) is 0 Å². The van der Waals surface area contributed by atoms with E-state index in [1.165, 1.54) is 12.8 Å². The molecule has 1 saturated heterocycles. The summed E-state index contributed by atoms with van der Waals surface area (Å²) < 4.78 is 18.1. The molecule has 0 saturated carbocycles. The molecular formula is C13H18FNO. The van der Waals surface area contributed by atoms with E-state index in [1.54, 1.807) is 12.1 Å². The van der Waals surface area contributed by atoms with Gasteiger partial charge in [0, 0.05) is 0 Å². The van der Waals surface area contributed by atoms with Crippen LogP contribution in [-0.2, 0) is 6.67 Å². The van der Waals surface area contributed by atoms with E-state index in [0.29, 0.717) is 11.5 Å². The first-order valence-electron chi connectivity index (χ1n) is 5.87. The van der Waals surface area contributed by atoms with E-state index in [4.69, 9.17) is 4.74 Å². The van der Waals surface area contributed by atoms with Gasteiger partial charge in [0.15, 0.2) is 0 Å². The van der Waals surface area contributed by atoms with Crippen molar-refractivity contribution in [2.24, 2.45) is 5.92 Å². The highest BCUT2D eigenvalue weighted by Gasteiger charge is 2.13. The van der Waals surface area contributed by atoms with Gasteiger partial charge < -0.3 is 10.1 Å². The highest BCUT2D eigenvalue weighted by Crippen LogP contribution is 2.17. The summed E-state index contributed by atoms with van der Waals surface area (Å²) in [5.74, 6) is 1.42. The van der Waals surface area contributed by atoms with Gasteiger partial charge in [-0.3, -0.25) is 0 Å². The second-order valence-electron chi connectivity index (χ2n) is 4.29. The molecule has 0 radical (unpaired) electrons. The molecule has 2 nitrogen and oxygen atoms in total. The third-order valence-corrected chi connectivity index (χ3v) is 3.00. The first kappa shape index (κ1) is 11.4. The lowest BCUT2D eigenvalue weighted by Gasteiger charge is -2.22. The average Bonchev–Trinajstić information content (AvgIpc) is 2.38. The number of hydrogen-bond donors (Lipinski definition) is 1. The Hall–Kier alpha value is -1.09. The molecule has 16 heavy (non-hydrogen) atoms. The fourth-order valence-corrected chi connectivity index (χ4v) is 1.98. The van der Waals surface area contributed by atoms with Crippen LogP contribution in [0.25, 0.3) is 0 Å². The zero-order chi connectivity index (χ0) is 11.2. The number of hydrogen-bond acceptors (Lipinski definition) is 2. The van der Waals surface area contributed by atoms with Crippen LogP contribution in [0.15, 0.2) is 24.3 Å². The molecule has 88 valence electrons. The molecule has 0 aromatic heterocycles. The predicted molar refractivity (Wildman–Crippen MR) is 62.3 cm³/mol. The highest BCUT2D eigenvalue weighted by molar-refractivity contribution is 5.28. The Bertz CT molecular complexity index is 323. The Balaban J connectivity index is 1.83. The van der Waals surface area contributed by atoms with Gasteiger partial charge >= 0.3 is 0 Å². The van der Waals surface area contributed by atoms with Gasteiger partial charge in [-0.15, -0.1) is 0 Å². The van der Waals surface area contributed by atoms with Crippen molar-refractivity contribution in [3.05, 3.63) is 29.8 Å². The molecule has 1 aliphatic heterocycles. The van der Waals surface area contributed by atoms with Crippen LogP contribution in [-0.4, -0.2) is 19.7 Å². The Kier molecular flexibility index (Phi) is 4.17. The van der Waals surface area contributed by atoms with E-state index in [-0.39, 0.29) is 0 Å². The van der Waals surface area contributed by atoms with Crippen LogP contribution in [0.4, 0.5) is 4.39 Å². The minimum Gasteiger partial charge on any atom is -0.493 e. The molecular weight excluding hydrogens is 205 g/mol. The van der Waals surface area contributed by atoms with E-state index in [0.717, 1.165) is 25.4 Å². The van der Waals surface area contributed by atoms with Crippen molar-refractivity contribution >= 4 is 0 Å². The van der Waals surface area contributed by atoms with Crippen LogP contribution in [0, 0.1) is 5.92 Å². The molecule has 0 atom stereocenters. The summed E-state index contributed by atoms with van der Waals surface area (Å²) in [5, 5.41) is 3.33. The maximum absolute atomic E-state index is 12.4. The molecule has 1 heterocycles. The largest absolute Gasteiger partial charge is 0.493 e. The lowest BCUT2D eigenvalue weighted by Crippen LogP contribution is -2.30. The SMILES string of the molecule is FCc1cccc(OCC2CCNCC2)c1. The molecule has 0 unspecified atom stereocenters. The van der Waals surface area contributed by atoms with Crippen molar-refractivity contribution in [2.75, 3.05) is 19.7 Å². The number of rotatable bonds is 4. The maximum atomic E-state index is 12.4. The topological polar surface area (TPSA) is 21.3 Å². The van der Waals surface area contributed by atoms with E-state index in [9.17, 15) is 4.39 Å². The van der Waals surface area contributed by atoms with Crippen molar-refractivity contribution in [3.8, 4) is 5.75 Å². The van der Waals surface area contributed by atoms with Gasteiger partial charge in [-0.05, 0) is 49.5 Å².